The third-order valence-electron chi connectivity index (χ3n) is 1.73. The van der Waals surface area contributed by atoms with Crippen molar-refractivity contribution in [3.8, 4) is 0 Å². The Morgan fingerprint density at radius 2 is 1.75 bits per heavy atom. The zero-order valence-corrected chi connectivity index (χ0v) is 8.84. The summed E-state index contributed by atoms with van der Waals surface area (Å²) in [4.78, 5) is 8.78. The number of rotatable bonds is 1. The van der Waals surface area contributed by atoms with Crippen molar-refractivity contribution in [3.63, 3.8) is 0 Å². The van der Waals surface area contributed by atoms with E-state index in [4.69, 9.17) is 9.90 Å². The number of carboxylic acid groups (broad SMARTS) is 1. The molecule has 0 heterocycles. The molecule has 0 unspecified atom stereocenters. The van der Waals surface area contributed by atoms with Crippen LogP contribution in [0.15, 0.2) is 24.3 Å². The molecule has 1 rings (SSSR count). The van der Waals surface area contributed by atoms with Crippen molar-refractivity contribution in [3.05, 3.63) is 29.8 Å². The number of aryl methyl sites for hydroxylation is 1. The first-order valence-electron chi connectivity index (χ1n) is 4.42. The van der Waals surface area contributed by atoms with Crippen LogP contribution in [0.25, 0.3) is 0 Å². The Bertz CT molecular complexity index is 350. The lowest BCUT2D eigenvalue weighted by atomic mass is 10.2. The molecule has 0 saturated heterocycles. The topological polar surface area (TPSA) is 56.7 Å². The second-order valence-corrected chi connectivity index (χ2v) is 2.93. The van der Waals surface area contributed by atoms with E-state index in [9.17, 15) is 13.2 Å². The molecule has 0 aliphatic rings. The van der Waals surface area contributed by atoms with Gasteiger partial charge in [-0.25, -0.2) is 0 Å². The first kappa shape index (κ1) is 14.4. The van der Waals surface area contributed by atoms with E-state index in [0.29, 0.717) is 0 Å². The summed E-state index contributed by atoms with van der Waals surface area (Å²) in [5.74, 6) is -3.01. The lowest BCUT2D eigenvalue weighted by Crippen LogP contribution is -2.73. The zero-order valence-electron chi connectivity index (χ0n) is 8.84. The number of hydrogen-bond donors (Lipinski definition) is 1. The molecule has 2 N–H and O–H groups in total. The van der Waals surface area contributed by atoms with Gasteiger partial charge in [-0.3, -0.25) is 0 Å². The minimum Gasteiger partial charge on any atom is -0.542 e. The summed E-state index contributed by atoms with van der Waals surface area (Å²) < 4.78 is 31.5. The average molecular weight is 235 g/mol. The summed E-state index contributed by atoms with van der Waals surface area (Å²) in [5, 5.41) is 10.9. The first-order valence-corrected chi connectivity index (χ1v) is 4.42. The molecule has 0 radical (unpaired) electrons. The predicted molar refractivity (Wildman–Crippen MR) is 49.8 cm³/mol. The van der Waals surface area contributed by atoms with E-state index in [-0.39, 0.29) is 0 Å². The normalized spacial score (nSPS) is 10.3. The Kier molecular flexibility index (Phi) is 5.52. The van der Waals surface area contributed by atoms with Gasteiger partial charge in [-0.15, -0.1) is 0 Å². The summed E-state index contributed by atoms with van der Waals surface area (Å²) in [6.07, 6.45) is -5.19. The summed E-state index contributed by atoms with van der Waals surface area (Å²) >= 11 is 0. The summed E-state index contributed by atoms with van der Waals surface area (Å²) in [6, 6.07) is 8.36. The molecule has 0 spiro atoms. The molecule has 0 aliphatic heterocycles. The van der Waals surface area contributed by atoms with Crippen LogP contribution in [0, 0.1) is 6.92 Å². The molecule has 0 aromatic heterocycles. The smallest absolute Gasteiger partial charge is 0.430 e. The van der Waals surface area contributed by atoms with Crippen molar-refractivity contribution in [2.24, 2.45) is 0 Å². The standard InChI is InChI=1S/C8H11N.C2HF3O2/c1-7-5-3-4-6-8(7)9-2;3-2(4,5)1(6)7/h3-6,9H,1-2H3;(H,6,7). The van der Waals surface area contributed by atoms with Gasteiger partial charge in [0.15, 0.2) is 0 Å². The molecular weight excluding hydrogens is 223 g/mol. The third kappa shape index (κ3) is 5.35. The van der Waals surface area contributed by atoms with Crippen molar-refractivity contribution in [1.82, 2.24) is 0 Å². The van der Waals surface area contributed by atoms with E-state index in [0.717, 1.165) is 0 Å². The highest BCUT2D eigenvalue weighted by molar-refractivity contribution is 5.70. The number of carbonyl (C=O) groups excluding carboxylic acids is 1. The van der Waals surface area contributed by atoms with E-state index in [1.807, 2.05) is 0 Å². The molecule has 0 atom stereocenters. The highest BCUT2D eigenvalue weighted by Crippen LogP contribution is 2.11. The second-order valence-electron chi connectivity index (χ2n) is 2.93. The van der Waals surface area contributed by atoms with Gasteiger partial charge in [0, 0.05) is 5.56 Å². The Labute approximate surface area is 90.9 Å². The molecule has 1 aromatic rings. The fraction of sp³-hybridized carbons (Fsp3) is 0.300. The Balaban J connectivity index is 0.000000293. The molecule has 0 saturated carbocycles. The van der Waals surface area contributed by atoms with Gasteiger partial charge in [0.1, 0.15) is 11.7 Å². The van der Waals surface area contributed by atoms with Crippen LogP contribution in [0.3, 0.4) is 0 Å². The fourth-order valence-electron chi connectivity index (χ4n) is 0.911. The quantitative estimate of drug-likeness (QED) is 0.703. The maximum absolute atomic E-state index is 10.5. The number of quaternary nitrogens is 1. The van der Waals surface area contributed by atoms with Crippen molar-refractivity contribution >= 4 is 11.7 Å². The Morgan fingerprint density at radius 1 is 1.31 bits per heavy atom. The number of para-hydroxylation sites is 1. The van der Waals surface area contributed by atoms with Gasteiger partial charge in [-0.1, -0.05) is 18.2 Å². The monoisotopic (exact) mass is 235 g/mol. The van der Waals surface area contributed by atoms with E-state index < -0.39 is 12.1 Å². The van der Waals surface area contributed by atoms with Crippen molar-refractivity contribution < 1.29 is 28.4 Å². The second kappa shape index (κ2) is 6.12. The SMILES string of the molecule is C[NH2+]c1ccccc1C.O=C([O-])C(F)(F)F. The van der Waals surface area contributed by atoms with E-state index in [1.165, 1.54) is 11.3 Å². The van der Waals surface area contributed by atoms with Gasteiger partial charge in [-0.05, 0) is 13.0 Å². The molecular formula is C10H12F3NO2. The molecule has 0 amide bonds. The van der Waals surface area contributed by atoms with Crippen LogP contribution in [0.5, 0.6) is 0 Å². The van der Waals surface area contributed by atoms with E-state index in [1.54, 1.807) is 0 Å². The van der Waals surface area contributed by atoms with Crippen LogP contribution in [0.2, 0.25) is 0 Å². The summed E-state index contributed by atoms with van der Waals surface area (Å²) in [6.45, 7) is 2.12. The number of aliphatic carboxylic acids is 1. The highest BCUT2D eigenvalue weighted by atomic mass is 19.4. The van der Waals surface area contributed by atoms with E-state index >= 15 is 0 Å². The zero-order chi connectivity index (χ0) is 12.8. The first-order chi connectivity index (χ1) is 7.29. The number of hydrogen-bond acceptors (Lipinski definition) is 2. The van der Waals surface area contributed by atoms with Gasteiger partial charge in [-0.2, -0.15) is 13.2 Å². The lowest BCUT2D eigenvalue weighted by Gasteiger charge is -2.03. The van der Waals surface area contributed by atoms with Gasteiger partial charge < -0.3 is 15.2 Å². The van der Waals surface area contributed by atoms with Gasteiger partial charge in [0.25, 0.3) is 0 Å². The van der Waals surface area contributed by atoms with Crippen LogP contribution in [0.1, 0.15) is 5.56 Å². The molecule has 90 valence electrons. The number of benzene rings is 1. The maximum Gasteiger partial charge on any atom is 0.430 e. The van der Waals surface area contributed by atoms with Gasteiger partial charge in [0.05, 0.1) is 7.05 Å². The number of carboxylic acids is 1. The Hall–Kier alpha value is -1.56. The average Bonchev–Trinajstić information content (AvgIpc) is 2.18. The number of alkyl halides is 3. The third-order valence-corrected chi connectivity index (χ3v) is 1.73. The van der Waals surface area contributed by atoms with Crippen molar-refractivity contribution in [2.75, 3.05) is 7.05 Å². The molecule has 3 nitrogen and oxygen atoms in total. The van der Waals surface area contributed by atoms with Gasteiger partial charge in [0.2, 0.25) is 0 Å². The van der Waals surface area contributed by atoms with Crippen LogP contribution >= 0.6 is 0 Å². The Morgan fingerprint density at radius 3 is 2.00 bits per heavy atom. The lowest BCUT2D eigenvalue weighted by molar-refractivity contribution is -0.539. The minimum atomic E-state index is -5.19. The number of nitrogens with two attached hydrogens (primary N) is 1. The maximum atomic E-state index is 10.5. The van der Waals surface area contributed by atoms with Crippen LogP contribution in [0.4, 0.5) is 18.9 Å². The molecule has 6 heteroatoms. The molecule has 0 fully saturated rings. The minimum absolute atomic E-state index is 1.33. The van der Waals surface area contributed by atoms with Crippen molar-refractivity contribution in [2.45, 2.75) is 13.1 Å². The van der Waals surface area contributed by atoms with Crippen LogP contribution in [-0.4, -0.2) is 19.2 Å². The molecule has 0 bridgehead atoms. The molecule has 16 heavy (non-hydrogen) atoms. The molecule has 1 aromatic carbocycles. The van der Waals surface area contributed by atoms with Crippen molar-refractivity contribution in [1.29, 1.82) is 0 Å². The largest absolute Gasteiger partial charge is 0.542 e. The van der Waals surface area contributed by atoms with Crippen LogP contribution < -0.4 is 10.4 Å². The highest BCUT2D eigenvalue weighted by Gasteiger charge is 2.28. The number of halogens is 3. The summed E-state index contributed by atoms with van der Waals surface area (Å²) in [5.41, 5.74) is 2.68. The fourth-order valence-corrected chi connectivity index (χ4v) is 0.911. The predicted octanol–water partition coefficient (Wildman–Crippen LogP) is 0.118. The summed E-state index contributed by atoms with van der Waals surface area (Å²) in [7, 11) is 2.06. The van der Waals surface area contributed by atoms with Gasteiger partial charge >= 0.3 is 6.18 Å². The van der Waals surface area contributed by atoms with E-state index in [2.05, 4.69) is 43.6 Å². The van der Waals surface area contributed by atoms with Crippen LogP contribution in [-0.2, 0) is 4.79 Å². The molecule has 0 aliphatic carbocycles. The number of carbonyl (C=O) groups is 1.